The quantitative estimate of drug-likeness (QED) is 0.839. The van der Waals surface area contributed by atoms with Gasteiger partial charge in [-0.1, -0.05) is 0 Å². The average molecular weight is 262 g/mol. The molecule has 4 heteroatoms. The van der Waals surface area contributed by atoms with E-state index in [-0.39, 0.29) is 17.1 Å². The van der Waals surface area contributed by atoms with Crippen molar-refractivity contribution in [3.05, 3.63) is 35.1 Å². The zero-order chi connectivity index (χ0) is 13.5. The fourth-order valence-corrected chi connectivity index (χ4v) is 3.29. The number of carbonyl (C=O) groups is 1. The maximum Gasteiger partial charge on any atom is 0.254 e. The molecule has 2 aliphatic heterocycles. The largest absolute Gasteiger partial charge is 0.338 e. The zero-order valence-electron chi connectivity index (χ0n) is 11.2. The summed E-state index contributed by atoms with van der Waals surface area (Å²) in [4.78, 5) is 14.4. The highest BCUT2D eigenvalue weighted by Gasteiger charge is 2.42. The summed E-state index contributed by atoms with van der Waals surface area (Å²) in [5.74, 6) is -0.242. The Morgan fingerprint density at radius 2 is 2.26 bits per heavy atom. The summed E-state index contributed by atoms with van der Waals surface area (Å²) < 4.78 is 13.1. The van der Waals surface area contributed by atoms with Gasteiger partial charge in [-0.2, -0.15) is 0 Å². The van der Waals surface area contributed by atoms with Gasteiger partial charge in [0.15, 0.2) is 0 Å². The molecule has 1 atom stereocenters. The smallest absolute Gasteiger partial charge is 0.254 e. The molecular formula is C15H19FN2O. The molecule has 0 saturated carbocycles. The summed E-state index contributed by atoms with van der Waals surface area (Å²) in [5.41, 5.74) is 1.63. The van der Waals surface area contributed by atoms with Crippen LogP contribution in [-0.4, -0.2) is 37.0 Å². The van der Waals surface area contributed by atoms with Crippen molar-refractivity contribution in [2.45, 2.75) is 19.8 Å². The second-order valence-corrected chi connectivity index (χ2v) is 5.86. The lowest BCUT2D eigenvalue weighted by Crippen LogP contribution is -2.33. The third-order valence-electron chi connectivity index (χ3n) is 4.48. The minimum Gasteiger partial charge on any atom is -0.338 e. The number of hydrogen-bond donors (Lipinski definition) is 1. The number of nitrogens with one attached hydrogen (secondary N) is 1. The lowest BCUT2D eigenvalue weighted by Gasteiger charge is -2.23. The van der Waals surface area contributed by atoms with Crippen LogP contribution in [0.4, 0.5) is 4.39 Å². The fourth-order valence-electron chi connectivity index (χ4n) is 3.29. The van der Waals surface area contributed by atoms with E-state index < -0.39 is 0 Å². The Balaban J connectivity index is 1.78. The number of amides is 1. The van der Waals surface area contributed by atoms with E-state index in [1.54, 1.807) is 13.0 Å². The van der Waals surface area contributed by atoms with Crippen molar-refractivity contribution in [2.75, 3.05) is 26.2 Å². The van der Waals surface area contributed by atoms with Crippen molar-refractivity contribution in [1.29, 1.82) is 0 Å². The van der Waals surface area contributed by atoms with Gasteiger partial charge in [0.25, 0.3) is 5.91 Å². The van der Waals surface area contributed by atoms with E-state index in [9.17, 15) is 9.18 Å². The first-order valence-corrected chi connectivity index (χ1v) is 6.86. The number of aryl methyl sites for hydroxylation is 1. The Morgan fingerprint density at radius 3 is 2.95 bits per heavy atom. The minimum absolute atomic E-state index is 0.0428. The Morgan fingerprint density at radius 1 is 1.42 bits per heavy atom. The molecule has 1 N–H and O–H groups in total. The lowest BCUT2D eigenvalue weighted by molar-refractivity contribution is 0.0775. The molecule has 0 aliphatic carbocycles. The van der Waals surface area contributed by atoms with Gasteiger partial charge in [-0.25, -0.2) is 4.39 Å². The molecule has 2 heterocycles. The lowest BCUT2D eigenvalue weighted by atomic mass is 9.86. The van der Waals surface area contributed by atoms with Gasteiger partial charge >= 0.3 is 0 Å². The molecule has 0 bridgehead atoms. The molecule has 2 fully saturated rings. The Labute approximate surface area is 112 Å². The summed E-state index contributed by atoms with van der Waals surface area (Å²) in [6, 6.07) is 4.39. The van der Waals surface area contributed by atoms with Crippen LogP contribution in [0.25, 0.3) is 0 Å². The van der Waals surface area contributed by atoms with Crippen LogP contribution in [0.1, 0.15) is 28.8 Å². The SMILES string of the molecule is Cc1cc(F)ccc1C(=O)N1CCC2(CCNC2)C1. The van der Waals surface area contributed by atoms with Crippen LogP contribution in [0.2, 0.25) is 0 Å². The van der Waals surface area contributed by atoms with E-state index >= 15 is 0 Å². The Bertz CT molecular complexity index is 509. The van der Waals surface area contributed by atoms with E-state index in [2.05, 4.69) is 5.32 Å². The predicted molar refractivity (Wildman–Crippen MR) is 71.6 cm³/mol. The summed E-state index contributed by atoms with van der Waals surface area (Å²) in [6.45, 7) is 5.50. The molecule has 1 spiro atoms. The van der Waals surface area contributed by atoms with E-state index in [1.165, 1.54) is 12.1 Å². The molecule has 3 nitrogen and oxygen atoms in total. The van der Waals surface area contributed by atoms with E-state index in [0.717, 1.165) is 44.6 Å². The third kappa shape index (κ3) is 2.25. The van der Waals surface area contributed by atoms with Crippen molar-refractivity contribution in [3.8, 4) is 0 Å². The third-order valence-corrected chi connectivity index (χ3v) is 4.48. The van der Waals surface area contributed by atoms with Crippen molar-refractivity contribution < 1.29 is 9.18 Å². The van der Waals surface area contributed by atoms with Gasteiger partial charge in [0.1, 0.15) is 5.82 Å². The van der Waals surface area contributed by atoms with Crippen molar-refractivity contribution in [1.82, 2.24) is 10.2 Å². The van der Waals surface area contributed by atoms with Crippen LogP contribution in [0.5, 0.6) is 0 Å². The van der Waals surface area contributed by atoms with Crippen LogP contribution in [0, 0.1) is 18.2 Å². The molecule has 0 aromatic heterocycles. The Kier molecular flexibility index (Phi) is 3.05. The molecule has 0 radical (unpaired) electrons. The molecule has 1 amide bonds. The molecular weight excluding hydrogens is 243 g/mol. The van der Waals surface area contributed by atoms with Gasteiger partial charge in [0.05, 0.1) is 0 Å². The maximum atomic E-state index is 13.1. The predicted octanol–water partition coefficient (Wildman–Crippen LogP) is 1.96. The van der Waals surface area contributed by atoms with Crippen LogP contribution < -0.4 is 5.32 Å². The maximum absolute atomic E-state index is 13.1. The van der Waals surface area contributed by atoms with Crippen LogP contribution in [0.15, 0.2) is 18.2 Å². The van der Waals surface area contributed by atoms with Crippen molar-refractivity contribution in [2.24, 2.45) is 5.41 Å². The van der Waals surface area contributed by atoms with Gasteiger partial charge in [-0.15, -0.1) is 0 Å². The number of hydrogen-bond acceptors (Lipinski definition) is 2. The van der Waals surface area contributed by atoms with Crippen LogP contribution in [-0.2, 0) is 0 Å². The highest BCUT2D eigenvalue weighted by Crippen LogP contribution is 2.36. The van der Waals surface area contributed by atoms with Gasteiger partial charge in [0, 0.05) is 30.6 Å². The number of carbonyl (C=O) groups excluding carboxylic acids is 1. The summed E-state index contributed by atoms with van der Waals surface area (Å²) in [7, 11) is 0. The molecule has 19 heavy (non-hydrogen) atoms. The standard InChI is InChI=1S/C15H19FN2O/c1-11-8-12(16)2-3-13(11)14(19)18-7-5-15(10-18)4-6-17-9-15/h2-3,8,17H,4-7,9-10H2,1H3. The first kappa shape index (κ1) is 12.6. The summed E-state index contributed by atoms with van der Waals surface area (Å²) in [5, 5.41) is 3.39. The van der Waals surface area contributed by atoms with Crippen molar-refractivity contribution >= 4 is 5.91 Å². The topological polar surface area (TPSA) is 32.3 Å². The fraction of sp³-hybridized carbons (Fsp3) is 0.533. The molecule has 102 valence electrons. The highest BCUT2D eigenvalue weighted by atomic mass is 19.1. The highest BCUT2D eigenvalue weighted by molar-refractivity contribution is 5.95. The van der Waals surface area contributed by atoms with E-state index in [0.29, 0.717) is 5.56 Å². The zero-order valence-corrected chi connectivity index (χ0v) is 11.2. The molecule has 2 aliphatic rings. The second-order valence-electron chi connectivity index (χ2n) is 5.86. The van der Waals surface area contributed by atoms with Gasteiger partial charge in [-0.05, 0) is 50.1 Å². The van der Waals surface area contributed by atoms with Gasteiger partial charge in [-0.3, -0.25) is 4.79 Å². The van der Waals surface area contributed by atoms with Crippen LogP contribution in [0.3, 0.4) is 0 Å². The molecule has 1 unspecified atom stereocenters. The first-order valence-electron chi connectivity index (χ1n) is 6.86. The molecule has 1 aromatic carbocycles. The Hall–Kier alpha value is -1.42. The summed E-state index contributed by atoms with van der Waals surface area (Å²) >= 11 is 0. The molecule has 2 saturated heterocycles. The van der Waals surface area contributed by atoms with Crippen molar-refractivity contribution in [3.63, 3.8) is 0 Å². The second kappa shape index (κ2) is 4.60. The normalized spacial score (nSPS) is 26.3. The number of nitrogens with zero attached hydrogens (tertiary/aromatic N) is 1. The number of benzene rings is 1. The van der Waals surface area contributed by atoms with Crippen LogP contribution >= 0.6 is 0 Å². The first-order chi connectivity index (χ1) is 9.10. The summed E-state index contributed by atoms with van der Waals surface area (Å²) in [6.07, 6.45) is 2.23. The van der Waals surface area contributed by atoms with E-state index in [1.807, 2.05) is 4.90 Å². The number of halogens is 1. The molecule has 3 rings (SSSR count). The number of rotatable bonds is 1. The average Bonchev–Trinajstić information content (AvgIpc) is 3.00. The van der Waals surface area contributed by atoms with Gasteiger partial charge in [0.2, 0.25) is 0 Å². The molecule has 1 aromatic rings. The minimum atomic E-state index is -0.285. The number of likely N-dealkylation sites (tertiary alicyclic amines) is 1. The monoisotopic (exact) mass is 262 g/mol. The van der Waals surface area contributed by atoms with E-state index in [4.69, 9.17) is 0 Å². The van der Waals surface area contributed by atoms with Gasteiger partial charge < -0.3 is 10.2 Å².